The zero-order chi connectivity index (χ0) is 12.3. The van der Waals surface area contributed by atoms with Crippen molar-refractivity contribution in [3.05, 3.63) is 0 Å². The van der Waals surface area contributed by atoms with Crippen molar-refractivity contribution in [2.75, 3.05) is 45.8 Å². The summed E-state index contributed by atoms with van der Waals surface area (Å²) in [6, 6.07) is 0.794. The zero-order valence-corrected chi connectivity index (χ0v) is 11.8. The fourth-order valence-corrected chi connectivity index (χ4v) is 3.26. The van der Waals surface area contributed by atoms with Crippen LogP contribution in [0.3, 0.4) is 0 Å². The van der Waals surface area contributed by atoms with Gasteiger partial charge in [0.2, 0.25) is 0 Å². The summed E-state index contributed by atoms with van der Waals surface area (Å²) in [5.41, 5.74) is 0.422. The molecule has 0 aliphatic carbocycles. The normalized spacial score (nSPS) is 32.3. The van der Waals surface area contributed by atoms with Gasteiger partial charge in [-0.1, -0.05) is 20.8 Å². The van der Waals surface area contributed by atoms with Crippen LogP contribution in [0.25, 0.3) is 0 Å². The van der Waals surface area contributed by atoms with Crippen molar-refractivity contribution in [1.82, 2.24) is 15.1 Å². The first-order valence-corrected chi connectivity index (χ1v) is 7.28. The van der Waals surface area contributed by atoms with Crippen LogP contribution in [0, 0.1) is 5.41 Å². The van der Waals surface area contributed by atoms with Gasteiger partial charge in [-0.15, -0.1) is 0 Å². The largest absolute Gasteiger partial charge is 0.315 e. The molecule has 0 saturated carbocycles. The third kappa shape index (κ3) is 3.67. The van der Waals surface area contributed by atoms with E-state index in [9.17, 15) is 0 Å². The van der Waals surface area contributed by atoms with E-state index in [1.54, 1.807) is 0 Å². The third-order valence-corrected chi connectivity index (χ3v) is 4.25. The summed E-state index contributed by atoms with van der Waals surface area (Å²) in [6.45, 7) is 15.7. The summed E-state index contributed by atoms with van der Waals surface area (Å²) in [5.74, 6) is 0. The van der Waals surface area contributed by atoms with E-state index in [0.29, 0.717) is 5.41 Å². The first-order chi connectivity index (χ1) is 8.11. The van der Waals surface area contributed by atoms with Gasteiger partial charge in [0, 0.05) is 38.8 Å². The van der Waals surface area contributed by atoms with Gasteiger partial charge < -0.3 is 10.2 Å². The summed E-state index contributed by atoms with van der Waals surface area (Å²) in [7, 11) is 0. The Balaban J connectivity index is 1.95. The standard InChI is InChI=1S/C14H29N3/c1-4-16-8-5-6-13(10-16)17-9-7-15-11-14(2,3)12-17/h13,15H,4-12H2,1-3H3. The van der Waals surface area contributed by atoms with Crippen LogP contribution >= 0.6 is 0 Å². The lowest BCUT2D eigenvalue weighted by Gasteiger charge is -2.40. The van der Waals surface area contributed by atoms with Gasteiger partial charge in [-0.05, 0) is 31.3 Å². The van der Waals surface area contributed by atoms with E-state index in [4.69, 9.17) is 0 Å². The maximum absolute atomic E-state index is 3.58. The van der Waals surface area contributed by atoms with Crippen LogP contribution in [0.2, 0.25) is 0 Å². The van der Waals surface area contributed by atoms with Gasteiger partial charge >= 0.3 is 0 Å². The molecule has 1 N–H and O–H groups in total. The number of likely N-dealkylation sites (N-methyl/N-ethyl adjacent to an activating group) is 1. The average molecular weight is 239 g/mol. The third-order valence-electron chi connectivity index (χ3n) is 4.25. The first-order valence-electron chi connectivity index (χ1n) is 7.28. The highest BCUT2D eigenvalue weighted by Crippen LogP contribution is 2.23. The molecule has 2 aliphatic heterocycles. The Morgan fingerprint density at radius 1 is 1.29 bits per heavy atom. The van der Waals surface area contributed by atoms with Crippen LogP contribution in [0.1, 0.15) is 33.6 Å². The highest BCUT2D eigenvalue weighted by Gasteiger charge is 2.30. The van der Waals surface area contributed by atoms with Crippen LogP contribution in [0.5, 0.6) is 0 Å². The molecule has 0 bridgehead atoms. The molecule has 1 unspecified atom stereocenters. The van der Waals surface area contributed by atoms with E-state index in [1.807, 2.05) is 0 Å². The maximum atomic E-state index is 3.58. The second-order valence-electron chi connectivity index (χ2n) is 6.50. The summed E-state index contributed by atoms with van der Waals surface area (Å²) in [4.78, 5) is 5.35. The second kappa shape index (κ2) is 5.68. The Labute approximate surface area is 107 Å². The highest BCUT2D eigenvalue weighted by atomic mass is 15.2. The number of nitrogens with one attached hydrogen (secondary N) is 1. The molecule has 3 heteroatoms. The highest BCUT2D eigenvalue weighted by molar-refractivity contribution is 4.87. The minimum absolute atomic E-state index is 0.422. The van der Waals surface area contributed by atoms with Crippen molar-refractivity contribution in [3.63, 3.8) is 0 Å². The van der Waals surface area contributed by atoms with Gasteiger partial charge in [0.15, 0.2) is 0 Å². The van der Waals surface area contributed by atoms with Crippen molar-refractivity contribution in [1.29, 1.82) is 0 Å². The molecule has 17 heavy (non-hydrogen) atoms. The van der Waals surface area contributed by atoms with Gasteiger partial charge in [-0.2, -0.15) is 0 Å². The fourth-order valence-electron chi connectivity index (χ4n) is 3.26. The lowest BCUT2D eigenvalue weighted by molar-refractivity contribution is 0.0823. The molecular formula is C14H29N3. The monoisotopic (exact) mass is 239 g/mol. The lowest BCUT2D eigenvalue weighted by Crippen LogP contribution is -2.50. The molecule has 0 aromatic rings. The molecule has 1 atom stereocenters. The molecule has 0 aromatic heterocycles. The van der Waals surface area contributed by atoms with Crippen molar-refractivity contribution >= 4 is 0 Å². The van der Waals surface area contributed by atoms with Crippen molar-refractivity contribution < 1.29 is 0 Å². The number of piperidine rings is 1. The molecule has 2 saturated heterocycles. The molecule has 0 aromatic carbocycles. The van der Waals surface area contributed by atoms with Crippen LogP contribution in [-0.4, -0.2) is 61.7 Å². The van der Waals surface area contributed by atoms with Gasteiger partial charge in [-0.25, -0.2) is 0 Å². The van der Waals surface area contributed by atoms with Crippen LogP contribution in [-0.2, 0) is 0 Å². The van der Waals surface area contributed by atoms with E-state index in [-0.39, 0.29) is 0 Å². The minimum Gasteiger partial charge on any atom is -0.315 e. The van der Waals surface area contributed by atoms with E-state index in [2.05, 4.69) is 35.9 Å². The Hall–Kier alpha value is -0.120. The molecular weight excluding hydrogens is 210 g/mol. The number of nitrogens with zero attached hydrogens (tertiary/aromatic N) is 2. The van der Waals surface area contributed by atoms with Gasteiger partial charge in [0.25, 0.3) is 0 Å². The van der Waals surface area contributed by atoms with E-state index in [1.165, 1.54) is 45.6 Å². The number of hydrogen-bond acceptors (Lipinski definition) is 3. The quantitative estimate of drug-likeness (QED) is 0.786. The summed E-state index contributed by atoms with van der Waals surface area (Å²) < 4.78 is 0. The molecule has 2 heterocycles. The van der Waals surface area contributed by atoms with Crippen LogP contribution < -0.4 is 5.32 Å². The SMILES string of the molecule is CCN1CCCC(N2CCNCC(C)(C)C2)C1. The van der Waals surface area contributed by atoms with E-state index in [0.717, 1.165) is 19.1 Å². The zero-order valence-electron chi connectivity index (χ0n) is 11.8. The molecule has 3 nitrogen and oxygen atoms in total. The number of hydrogen-bond donors (Lipinski definition) is 1. The molecule has 0 spiro atoms. The van der Waals surface area contributed by atoms with Crippen molar-refractivity contribution in [2.24, 2.45) is 5.41 Å². The Morgan fingerprint density at radius 2 is 2.12 bits per heavy atom. The average Bonchev–Trinajstić information content (AvgIpc) is 2.50. The molecule has 2 fully saturated rings. The Kier molecular flexibility index (Phi) is 4.45. The Morgan fingerprint density at radius 3 is 2.88 bits per heavy atom. The van der Waals surface area contributed by atoms with Gasteiger partial charge in [0.05, 0.1) is 0 Å². The summed E-state index contributed by atoms with van der Waals surface area (Å²) in [5, 5.41) is 3.58. The van der Waals surface area contributed by atoms with Crippen LogP contribution in [0.4, 0.5) is 0 Å². The number of likely N-dealkylation sites (tertiary alicyclic amines) is 1. The Bertz CT molecular complexity index is 240. The smallest absolute Gasteiger partial charge is 0.0224 e. The minimum atomic E-state index is 0.422. The predicted octanol–water partition coefficient (Wildman–Crippen LogP) is 1.40. The molecule has 2 rings (SSSR count). The summed E-state index contributed by atoms with van der Waals surface area (Å²) >= 11 is 0. The van der Waals surface area contributed by atoms with Crippen LogP contribution in [0.15, 0.2) is 0 Å². The summed E-state index contributed by atoms with van der Waals surface area (Å²) in [6.07, 6.45) is 2.77. The predicted molar refractivity (Wildman–Crippen MR) is 73.4 cm³/mol. The van der Waals surface area contributed by atoms with Crippen molar-refractivity contribution in [2.45, 2.75) is 39.7 Å². The molecule has 2 aliphatic rings. The van der Waals surface area contributed by atoms with Crippen molar-refractivity contribution in [3.8, 4) is 0 Å². The van der Waals surface area contributed by atoms with Gasteiger partial charge in [0.1, 0.15) is 0 Å². The second-order valence-corrected chi connectivity index (χ2v) is 6.50. The van der Waals surface area contributed by atoms with E-state index >= 15 is 0 Å². The van der Waals surface area contributed by atoms with Gasteiger partial charge in [-0.3, -0.25) is 4.90 Å². The first kappa shape index (κ1) is 13.3. The molecule has 0 radical (unpaired) electrons. The topological polar surface area (TPSA) is 18.5 Å². The maximum Gasteiger partial charge on any atom is 0.0224 e. The molecule has 0 amide bonds. The fraction of sp³-hybridized carbons (Fsp3) is 1.00. The lowest BCUT2D eigenvalue weighted by atomic mass is 9.92. The number of rotatable bonds is 2. The van der Waals surface area contributed by atoms with E-state index < -0.39 is 0 Å². The molecule has 100 valence electrons.